The first kappa shape index (κ1) is 18.3. The maximum atomic E-state index is 13.3. The fraction of sp³-hybridized carbons (Fsp3) is 0.143. The molecule has 0 fully saturated rings. The Balaban J connectivity index is 1.92. The summed E-state index contributed by atoms with van der Waals surface area (Å²) in [6, 6.07) is 16.2. The lowest BCUT2D eigenvalue weighted by molar-refractivity contribution is -0.136. The highest BCUT2D eigenvalue weighted by molar-refractivity contribution is 7.89. The van der Waals surface area contributed by atoms with Crippen LogP contribution in [0.25, 0.3) is 5.57 Å². The van der Waals surface area contributed by atoms with Gasteiger partial charge in [-0.3, -0.25) is 13.9 Å². The minimum Gasteiger partial charge on any atom is -0.327 e. The number of rotatable bonds is 4. The van der Waals surface area contributed by atoms with Gasteiger partial charge in [0, 0.05) is 12.7 Å². The smallest absolute Gasteiger partial charge is 0.264 e. The molecule has 2 aliphatic rings. The molecule has 0 spiro atoms. The van der Waals surface area contributed by atoms with E-state index < -0.39 is 33.5 Å². The molecule has 1 aliphatic heterocycles. The summed E-state index contributed by atoms with van der Waals surface area (Å²) >= 11 is 0. The topological polar surface area (TPSA) is 97.5 Å². The van der Waals surface area contributed by atoms with Gasteiger partial charge in [-0.1, -0.05) is 48.5 Å². The van der Waals surface area contributed by atoms with Gasteiger partial charge in [0.25, 0.3) is 10.0 Å². The van der Waals surface area contributed by atoms with Gasteiger partial charge in [0.1, 0.15) is 0 Å². The van der Waals surface area contributed by atoms with Crippen molar-refractivity contribution in [2.45, 2.75) is 10.9 Å². The van der Waals surface area contributed by atoms with E-state index in [0.717, 1.165) is 0 Å². The summed E-state index contributed by atoms with van der Waals surface area (Å²) in [5.41, 5.74) is 7.45. The van der Waals surface area contributed by atoms with Crippen LogP contribution in [-0.2, 0) is 19.6 Å². The molecule has 7 heteroatoms. The zero-order chi connectivity index (χ0) is 19.9. The Morgan fingerprint density at radius 1 is 0.929 bits per heavy atom. The van der Waals surface area contributed by atoms with Crippen LogP contribution in [0.5, 0.6) is 0 Å². The van der Waals surface area contributed by atoms with Crippen LogP contribution in [0.3, 0.4) is 0 Å². The number of sulfonamides is 1. The number of fused-ring (bicyclic) bond motifs is 1. The number of hydrogen-bond acceptors (Lipinski definition) is 5. The third-order valence-electron chi connectivity index (χ3n) is 5.07. The molecule has 28 heavy (non-hydrogen) atoms. The Hall–Kier alpha value is -3.03. The SMILES string of the molecule is NCC1=CC(=O)C(=O)C2C(c3ccccc3)=CN(S(=O)(=O)c3ccccc3)C12. The predicted molar refractivity (Wildman–Crippen MR) is 104 cm³/mol. The van der Waals surface area contributed by atoms with Crippen LogP contribution in [0, 0.1) is 5.92 Å². The highest BCUT2D eigenvalue weighted by Crippen LogP contribution is 2.43. The maximum Gasteiger partial charge on any atom is 0.264 e. The summed E-state index contributed by atoms with van der Waals surface area (Å²) in [6.45, 7) is -0.0170. The molecule has 4 rings (SSSR count). The minimum absolute atomic E-state index is 0.0170. The monoisotopic (exact) mass is 394 g/mol. The van der Waals surface area contributed by atoms with Gasteiger partial charge in [-0.05, 0) is 34.9 Å². The predicted octanol–water partition coefficient (Wildman–Crippen LogP) is 1.75. The van der Waals surface area contributed by atoms with Crippen molar-refractivity contribution in [3.63, 3.8) is 0 Å². The first-order valence-electron chi connectivity index (χ1n) is 8.79. The van der Waals surface area contributed by atoms with Crippen molar-refractivity contribution >= 4 is 27.2 Å². The normalized spacial score (nSPS) is 22.0. The van der Waals surface area contributed by atoms with Crippen molar-refractivity contribution in [3.05, 3.63) is 84.1 Å². The third kappa shape index (κ3) is 2.80. The maximum absolute atomic E-state index is 13.3. The molecule has 0 bridgehead atoms. The van der Waals surface area contributed by atoms with Crippen molar-refractivity contribution < 1.29 is 18.0 Å². The summed E-state index contributed by atoms with van der Waals surface area (Å²) in [7, 11) is -3.94. The van der Waals surface area contributed by atoms with Crippen molar-refractivity contribution in [1.82, 2.24) is 4.31 Å². The van der Waals surface area contributed by atoms with E-state index >= 15 is 0 Å². The van der Waals surface area contributed by atoms with Crippen molar-refractivity contribution in [2.24, 2.45) is 11.7 Å². The number of hydrogen-bond donors (Lipinski definition) is 1. The first-order valence-corrected chi connectivity index (χ1v) is 10.2. The number of nitrogens with two attached hydrogens (primary N) is 1. The summed E-state index contributed by atoms with van der Waals surface area (Å²) in [5.74, 6) is -2.18. The summed E-state index contributed by atoms with van der Waals surface area (Å²) < 4.78 is 27.8. The molecule has 0 saturated carbocycles. The second kappa shape index (κ2) is 6.85. The van der Waals surface area contributed by atoms with E-state index in [-0.39, 0.29) is 11.4 Å². The van der Waals surface area contributed by atoms with Gasteiger partial charge in [0.2, 0.25) is 11.6 Å². The van der Waals surface area contributed by atoms with Gasteiger partial charge in [-0.2, -0.15) is 0 Å². The van der Waals surface area contributed by atoms with Crippen LogP contribution in [0.4, 0.5) is 0 Å². The molecule has 2 aromatic carbocycles. The van der Waals surface area contributed by atoms with Gasteiger partial charge in [-0.15, -0.1) is 0 Å². The Kier molecular flexibility index (Phi) is 4.49. The lowest BCUT2D eigenvalue weighted by Gasteiger charge is -2.32. The Morgan fingerprint density at radius 3 is 2.14 bits per heavy atom. The fourth-order valence-electron chi connectivity index (χ4n) is 3.75. The molecule has 0 saturated heterocycles. The molecular formula is C21H18N2O4S. The lowest BCUT2D eigenvalue weighted by Crippen LogP contribution is -2.46. The van der Waals surface area contributed by atoms with Crippen LogP contribution in [0.15, 0.2) is 83.4 Å². The van der Waals surface area contributed by atoms with Crippen LogP contribution in [-0.4, -0.2) is 36.9 Å². The van der Waals surface area contributed by atoms with Crippen molar-refractivity contribution in [1.29, 1.82) is 0 Å². The zero-order valence-corrected chi connectivity index (χ0v) is 15.7. The fourth-order valence-corrected chi connectivity index (χ4v) is 5.31. The second-order valence-corrected chi connectivity index (χ2v) is 8.52. The lowest BCUT2D eigenvalue weighted by atomic mass is 9.78. The van der Waals surface area contributed by atoms with Crippen LogP contribution < -0.4 is 5.73 Å². The molecular weight excluding hydrogens is 376 g/mol. The van der Waals surface area contributed by atoms with Crippen LogP contribution in [0.2, 0.25) is 0 Å². The minimum atomic E-state index is -3.94. The zero-order valence-electron chi connectivity index (χ0n) is 14.9. The Bertz CT molecular complexity index is 1110. The summed E-state index contributed by atoms with van der Waals surface area (Å²) in [5, 5.41) is 0. The third-order valence-corrected chi connectivity index (χ3v) is 6.83. The number of Topliss-reactive ketones (excluding diaryl/α,β-unsaturated/α-hetero) is 1. The van der Waals surface area contributed by atoms with Gasteiger partial charge in [0.15, 0.2) is 0 Å². The molecule has 2 N–H and O–H groups in total. The number of nitrogens with zero attached hydrogens (tertiary/aromatic N) is 1. The molecule has 1 heterocycles. The number of carbonyl (C=O) groups is 2. The number of ketones is 2. The number of allylic oxidation sites excluding steroid dienone is 1. The molecule has 1 aliphatic carbocycles. The molecule has 0 radical (unpaired) electrons. The van der Waals surface area contributed by atoms with Crippen molar-refractivity contribution in [2.75, 3.05) is 6.54 Å². The molecule has 2 aromatic rings. The average Bonchev–Trinajstić information content (AvgIpc) is 3.14. The quantitative estimate of drug-likeness (QED) is 0.797. The van der Waals surface area contributed by atoms with E-state index in [4.69, 9.17) is 5.73 Å². The molecule has 2 atom stereocenters. The van der Waals surface area contributed by atoms with E-state index in [0.29, 0.717) is 16.7 Å². The highest BCUT2D eigenvalue weighted by Gasteiger charge is 2.50. The van der Waals surface area contributed by atoms with Crippen molar-refractivity contribution in [3.8, 4) is 0 Å². The van der Waals surface area contributed by atoms with E-state index in [1.807, 2.05) is 6.07 Å². The Morgan fingerprint density at radius 2 is 1.54 bits per heavy atom. The largest absolute Gasteiger partial charge is 0.327 e. The van der Waals surface area contributed by atoms with E-state index in [9.17, 15) is 18.0 Å². The summed E-state index contributed by atoms with van der Waals surface area (Å²) in [4.78, 5) is 25.1. The molecule has 6 nitrogen and oxygen atoms in total. The van der Waals surface area contributed by atoms with E-state index in [1.165, 1.54) is 28.7 Å². The Labute approximate surface area is 163 Å². The first-order chi connectivity index (χ1) is 13.4. The van der Waals surface area contributed by atoms with E-state index in [1.54, 1.807) is 42.5 Å². The van der Waals surface area contributed by atoms with E-state index in [2.05, 4.69) is 0 Å². The van der Waals surface area contributed by atoms with Crippen LogP contribution in [0.1, 0.15) is 5.56 Å². The van der Waals surface area contributed by atoms with Gasteiger partial charge >= 0.3 is 0 Å². The van der Waals surface area contributed by atoms with Gasteiger partial charge < -0.3 is 5.73 Å². The number of benzene rings is 2. The van der Waals surface area contributed by atoms with Gasteiger partial charge in [-0.25, -0.2) is 8.42 Å². The van der Waals surface area contributed by atoms with Crippen LogP contribution >= 0.6 is 0 Å². The molecule has 0 amide bonds. The molecule has 142 valence electrons. The summed E-state index contributed by atoms with van der Waals surface area (Å²) in [6.07, 6.45) is 2.64. The molecule has 2 unspecified atom stereocenters. The second-order valence-electron chi connectivity index (χ2n) is 6.67. The molecule has 0 aromatic heterocycles. The van der Waals surface area contributed by atoms with Gasteiger partial charge in [0.05, 0.1) is 16.9 Å². The number of carbonyl (C=O) groups excluding carboxylic acids is 2. The average molecular weight is 394 g/mol. The highest BCUT2D eigenvalue weighted by atomic mass is 32.2. The standard InChI is InChI=1S/C21H18N2O4S/c22-12-15-11-18(24)21(25)19-17(14-7-3-1-4-8-14)13-23(20(15)19)28(26,27)16-9-5-2-6-10-16/h1-11,13,19-20H,12,22H2.